The summed E-state index contributed by atoms with van der Waals surface area (Å²) >= 11 is 0. The monoisotopic (exact) mass is 280 g/mol. The molecule has 1 fully saturated rings. The molecule has 5 heteroatoms. The van der Waals surface area contributed by atoms with E-state index in [2.05, 4.69) is 5.32 Å². The second kappa shape index (κ2) is 7.36. The van der Waals surface area contributed by atoms with Gasteiger partial charge < -0.3 is 15.8 Å². The van der Waals surface area contributed by atoms with Crippen molar-refractivity contribution in [2.45, 2.75) is 19.3 Å². The predicted octanol–water partition coefficient (Wildman–Crippen LogP) is 2.16. The van der Waals surface area contributed by atoms with E-state index in [1.165, 1.54) is 18.6 Å². The first kappa shape index (κ1) is 14.9. The Morgan fingerprint density at radius 2 is 2.10 bits per heavy atom. The maximum atomic E-state index is 13.3. The Kier molecular flexibility index (Phi) is 5.49. The lowest BCUT2D eigenvalue weighted by atomic mass is 9.97. The number of amides is 1. The number of hydrogen-bond acceptors (Lipinski definition) is 3. The molecule has 1 aliphatic rings. The molecule has 3 N–H and O–H groups in total. The smallest absolute Gasteiger partial charge is 0.250 e. The standard InChI is InChI=1S/C15H21FN2O2/c16-13-6-1-2-7-14(13)18-15(19)10-20-9-12-5-3-4-11(12)8-17/h1-2,6-7,11-12H,3-5,8-10,17H2,(H,18,19). The molecular formula is C15H21FN2O2. The van der Waals surface area contributed by atoms with Gasteiger partial charge in [0.25, 0.3) is 0 Å². The summed E-state index contributed by atoms with van der Waals surface area (Å²) in [6, 6.07) is 6.08. The number of hydrogen-bond donors (Lipinski definition) is 2. The molecule has 1 saturated carbocycles. The van der Waals surface area contributed by atoms with Crippen LogP contribution >= 0.6 is 0 Å². The van der Waals surface area contributed by atoms with E-state index in [0.717, 1.165) is 12.8 Å². The van der Waals surface area contributed by atoms with Crippen molar-refractivity contribution < 1.29 is 13.9 Å². The molecule has 0 aliphatic heterocycles. The lowest BCUT2D eigenvalue weighted by Gasteiger charge is -2.17. The highest BCUT2D eigenvalue weighted by Gasteiger charge is 2.26. The normalized spacial score (nSPS) is 21.9. The van der Waals surface area contributed by atoms with Crippen LogP contribution in [-0.2, 0) is 9.53 Å². The van der Waals surface area contributed by atoms with Crippen LogP contribution < -0.4 is 11.1 Å². The van der Waals surface area contributed by atoms with Gasteiger partial charge in [-0.3, -0.25) is 4.79 Å². The molecule has 1 aliphatic carbocycles. The van der Waals surface area contributed by atoms with Gasteiger partial charge in [0.1, 0.15) is 12.4 Å². The first-order valence-electron chi connectivity index (χ1n) is 7.03. The lowest BCUT2D eigenvalue weighted by Crippen LogP contribution is -2.25. The minimum atomic E-state index is -0.445. The highest BCUT2D eigenvalue weighted by atomic mass is 19.1. The summed E-state index contributed by atoms with van der Waals surface area (Å²) in [4.78, 5) is 11.7. The second-order valence-electron chi connectivity index (χ2n) is 5.23. The zero-order chi connectivity index (χ0) is 14.4. The lowest BCUT2D eigenvalue weighted by molar-refractivity contribution is -0.121. The minimum Gasteiger partial charge on any atom is -0.371 e. The Morgan fingerprint density at radius 3 is 2.85 bits per heavy atom. The van der Waals surface area contributed by atoms with Gasteiger partial charge in [0, 0.05) is 0 Å². The average Bonchev–Trinajstić information content (AvgIpc) is 2.89. The fraction of sp³-hybridized carbons (Fsp3) is 0.533. The largest absolute Gasteiger partial charge is 0.371 e. The second-order valence-corrected chi connectivity index (χ2v) is 5.23. The van der Waals surface area contributed by atoms with Gasteiger partial charge in [0.05, 0.1) is 12.3 Å². The van der Waals surface area contributed by atoms with Crippen LogP contribution in [0.5, 0.6) is 0 Å². The fourth-order valence-electron chi connectivity index (χ4n) is 2.70. The summed E-state index contributed by atoms with van der Waals surface area (Å²) in [5.41, 5.74) is 5.88. The molecule has 1 amide bonds. The summed E-state index contributed by atoms with van der Waals surface area (Å²) < 4.78 is 18.8. The summed E-state index contributed by atoms with van der Waals surface area (Å²) in [6.07, 6.45) is 3.43. The number of anilines is 1. The van der Waals surface area contributed by atoms with Crippen molar-refractivity contribution in [3.63, 3.8) is 0 Å². The van der Waals surface area contributed by atoms with E-state index >= 15 is 0 Å². The van der Waals surface area contributed by atoms with Gasteiger partial charge in [0.2, 0.25) is 5.91 Å². The quantitative estimate of drug-likeness (QED) is 0.839. The summed E-state index contributed by atoms with van der Waals surface area (Å²) in [5.74, 6) is 0.170. The molecule has 2 rings (SSSR count). The number of para-hydroxylation sites is 1. The van der Waals surface area contributed by atoms with Gasteiger partial charge in [-0.05, 0) is 43.4 Å². The fourth-order valence-corrected chi connectivity index (χ4v) is 2.70. The molecule has 1 aromatic rings. The highest BCUT2D eigenvalue weighted by Crippen LogP contribution is 2.30. The van der Waals surface area contributed by atoms with Gasteiger partial charge in [0.15, 0.2) is 0 Å². The van der Waals surface area contributed by atoms with Crippen molar-refractivity contribution in [2.75, 3.05) is 25.1 Å². The van der Waals surface area contributed by atoms with Crippen LogP contribution in [0.4, 0.5) is 10.1 Å². The third-order valence-corrected chi connectivity index (χ3v) is 3.83. The zero-order valence-corrected chi connectivity index (χ0v) is 11.5. The maximum Gasteiger partial charge on any atom is 0.250 e. The van der Waals surface area contributed by atoms with Crippen LogP contribution in [-0.4, -0.2) is 25.7 Å². The molecule has 0 bridgehead atoms. The van der Waals surface area contributed by atoms with E-state index < -0.39 is 5.82 Å². The number of nitrogens with two attached hydrogens (primary N) is 1. The third-order valence-electron chi connectivity index (χ3n) is 3.83. The van der Waals surface area contributed by atoms with Crippen LogP contribution in [0, 0.1) is 17.7 Å². The number of rotatable bonds is 6. The Morgan fingerprint density at radius 1 is 1.35 bits per heavy atom. The molecule has 0 spiro atoms. The molecule has 1 aromatic carbocycles. The molecule has 0 radical (unpaired) electrons. The van der Waals surface area contributed by atoms with Crippen molar-refractivity contribution in [1.82, 2.24) is 0 Å². The van der Waals surface area contributed by atoms with Gasteiger partial charge >= 0.3 is 0 Å². The summed E-state index contributed by atoms with van der Waals surface area (Å²) in [6.45, 7) is 1.17. The Hall–Kier alpha value is -1.46. The molecule has 20 heavy (non-hydrogen) atoms. The van der Waals surface area contributed by atoms with Gasteiger partial charge in [-0.15, -0.1) is 0 Å². The van der Waals surface area contributed by atoms with Gasteiger partial charge in [-0.2, -0.15) is 0 Å². The van der Waals surface area contributed by atoms with Crippen molar-refractivity contribution >= 4 is 11.6 Å². The maximum absolute atomic E-state index is 13.3. The molecule has 2 atom stereocenters. The molecule has 2 unspecified atom stereocenters. The van der Waals surface area contributed by atoms with Gasteiger partial charge in [-0.1, -0.05) is 18.6 Å². The van der Waals surface area contributed by atoms with Crippen molar-refractivity contribution in [2.24, 2.45) is 17.6 Å². The van der Waals surface area contributed by atoms with Crippen molar-refractivity contribution in [3.05, 3.63) is 30.1 Å². The highest BCUT2D eigenvalue weighted by molar-refractivity contribution is 5.91. The summed E-state index contributed by atoms with van der Waals surface area (Å²) in [7, 11) is 0. The van der Waals surface area contributed by atoms with E-state index in [1.807, 2.05) is 0 Å². The topological polar surface area (TPSA) is 64.3 Å². The predicted molar refractivity (Wildman–Crippen MR) is 75.7 cm³/mol. The Balaban J connectivity index is 1.72. The summed E-state index contributed by atoms with van der Waals surface area (Å²) in [5, 5.41) is 2.50. The number of halogens is 1. The number of carbonyl (C=O) groups excluding carboxylic acids is 1. The minimum absolute atomic E-state index is 0.0534. The molecule has 4 nitrogen and oxygen atoms in total. The van der Waals surface area contributed by atoms with E-state index in [-0.39, 0.29) is 18.2 Å². The number of benzene rings is 1. The number of carbonyl (C=O) groups is 1. The molecular weight excluding hydrogens is 259 g/mol. The molecule has 0 saturated heterocycles. The SMILES string of the molecule is NCC1CCCC1COCC(=O)Nc1ccccc1F. The van der Waals surface area contributed by atoms with Crippen LogP contribution in [0.3, 0.4) is 0 Å². The number of ether oxygens (including phenoxy) is 1. The third kappa shape index (κ3) is 4.02. The van der Waals surface area contributed by atoms with Crippen molar-refractivity contribution in [1.29, 1.82) is 0 Å². The van der Waals surface area contributed by atoms with Crippen LogP contribution in [0.1, 0.15) is 19.3 Å². The van der Waals surface area contributed by atoms with Crippen LogP contribution in [0.25, 0.3) is 0 Å². The first-order valence-corrected chi connectivity index (χ1v) is 7.03. The van der Waals surface area contributed by atoms with E-state index in [9.17, 15) is 9.18 Å². The van der Waals surface area contributed by atoms with E-state index in [0.29, 0.717) is 25.0 Å². The Labute approximate surface area is 118 Å². The van der Waals surface area contributed by atoms with E-state index in [4.69, 9.17) is 10.5 Å². The van der Waals surface area contributed by atoms with Gasteiger partial charge in [-0.25, -0.2) is 4.39 Å². The first-order chi connectivity index (χ1) is 9.70. The van der Waals surface area contributed by atoms with E-state index in [1.54, 1.807) is 12.1 Å². The number of nitrogens with one attached hydrogen (secondary N) is 1. The van der Waals surface area contributed by atoms with Crippen LogP contribution in [0.15, 0.2) is 24.3 Å². The average molecular weight is 280 g/mol. The molecule has 110 valence electrons. The molecule has 0 heterocycles. The molecule has 0 aromatic heterocycles. The van der Waals surface area contributed by atoms with Crippen molar-refractivity contribution in [3.8, 4) is 0 Å². The zero-order valence-electron chi connectivity index (χ0n) is 11.5. The van der Waals surface area contributed by atoms with Crippen LogP contribution in [0.2, 0.25) is 0 Å². The Bertz CT molecular complexity index is 453.